The summed E-state index contributed by atoms with van der Waals surface area (Å²) in [5.74, 6) is -0.468. The first-order valence-corrected chi connectivity index (χ1v) is 6.47. The first kappa shape index (κ1) is 14.7. The van der Waals surface area contributed by atoms with Crippen molar-refractivity contribution in [1.82, 2.24) is 0 Å². The van der Waals surface area contributed by atoms with Crippen LogP contribution in [0.2, 0.25) is 0 Å². The third kappa shape index (κ3) is 4.15. The van der Waals surface area contributed by atoms with Crippen LogP contribution in [0.1, 0.15) is 22.8 Å². The molecule has 2 aromatic carbocycles. The molecule has 0 aliphatic rings. The molecular weight excluding hydrogens is 268 g/mol. The van der Waals surface area contributed by atoms with Crippen LogP contribution >= 0.6 is 0 Å². The average molecular weight is 284 g/mol. The molecule has 5 heteroatoms. The highest BCUT2D eigenvalue weighted by Crippen LogP contribution is 2.20. The first-order valence-electron chi connectivity index (χ1n) is 6.47. The number of carbonyl (C=O) groups is 2. The molecule has 2 aromatic rings. The van der Waals surface area contributed by atoms with Gasteiger partial charge < -0.3 is 15.7 Å². The SMILES string of the molecule is CC(=O)Nc1cc(CO)cc(NC(=O)c2ccccc2)c1. The second kappa shape index (κ2) is 6.67. The van der Waals surface area contributed by atoms with Gasteiger partial charge in [0, 0.05) is 23.9 Å². The molecule has 2 amide bonds. The second-order valence-electron chi connectivity index (χ2n) is 4.58. The Balaban J connectivity index is 2.22. The fraction of sp³-hybridized carbons (Fsp3) is 0.125. The number of anilines is 2. The predicted molar refractivity (Wildman–Crippen MR) is 81.1 cm³/mol. The summed E-state index contributed by atoms with van der Waals surface area (Å²) in [6, 6.07) is 13.8. The maximum Gasteiger partial charge on any atom is 0.255 e. The van der Waals surface area contributed by atoms with E-state index in [4.69, 9.17) is 0 Å². The van der Waals surface area contributed by atoms with Gasteiger partial charge in [-0.3, -0.25) is 9.59 Å². The molecule has 0 aliphatic heterocycles. The third-order valence-electron chi connectivity index (χ3n) is 2.79. The molecule has 0 radical (unpaired) electrons. The van der Waals surface area contributed by atoms with Crippen LogP contribution in [0.25, 0.3) is 0 Å². The maximum absolute atomic E-state index is 12.1. The van der Waals surface area contributed by atoms with Crippen molar-refractivity contribution in [3.63, 3.8) is 0 Å². The summed E-state index contributed by atoms with van der Waals surface area (Å²) in [5.41, 5.74) is 2.18. The van der Waals surface area contributed by atoms with E-state index in [-0.39, 0.29) is 18.4 Å². The van der Waals surface area contributed by atoms with E-state index in [1.54, 1.807) is 42.5 Å². The van der Waals surface area contributed by atoms with Crippen LogP contribution in [0.15, 0.2) is 48.5 Å². The maximum atomic E-state index is 12.1. The molecule has 0 heterocycles. The van der Waals surface area contributed by atoms with Gasteiger partial charge >= 0.3 is 0 Å². The highest BCUT2D eigenvalue weighted by molar-refractivity contribution is 6.04. The number of aliphatic hydroxyl groups excluding tert-OH is 1. The van der Waals surface area contributed by atoms with Crippen molar-refractivity contribution in [3.05, 3.63) is 59.7 Å². The van der Waals surface area contributed by atoms with E-state index in [0.717, 1.165) is 0 Å². The lowest BCUT2D eigenvalue weighted by Gasteiger charge is -2.10. The summed E-state index contributed by atoms with van der Waals surface area (Å²) in [5, 5.41) is 14.6. The van der Waals surface area contributed by atoms with Gasteiger partial charge in [0.25, 0.3) is 5.91 Å². The Labute approximate surface area is 122 Å². The molecule has 0 saturated carbocycles. The Hall–Kier alpha value is -2.66. The molecule has 0 bridgehead atoms. The summed E-state index contributed by atoms with van der Waals surface area (Å²) < 4.78 is 0. The normalized spacial score (nSPS) is 10.0. The average Bonchev–Trinajstić information content (AvgIpc) is 2.47. The summed E-state index contributed by atoms with van der Waals surface area (Å²) in [6.45, 7) is 1.22. The van der Waals surface area contributed by atoms with Crippen molar-refractivity contribution in [1.29, 1.82) is 0 Å². The van der Waals surface area contributed by atoms with Crippen LogP contribution in [0.4, 0.5) is 11.4 Å². The number of rotatable bonds is 4. The molecule has 0 fully saturated rings. The monoisotopic (exact) mass is 284 g/mol. The number of benzene rings is 2. The number of nitrogens with one attached hydrogen (secondary N) is 2. The van der Waals surface area contributed by atoms with Gasteiger partial charge in [-0.05, 0) is 35.9 Å². The van der Waals surface area contributed by atoms with Crippen LogP contribution in [0, 0.1) is 0 Å². The number of hydrogen-bond acceptors (Lipinski definition) is 3. The molecule has 0 aromatic heterocycles. The molecular formula is C16H16N2O3. The zero-order valence-corrected chi connectivity index (χ0v) is 11.6. The molecule has 0 atom stereocenters. The van der Waals surface area contributed by atoms with E-state index < -0.39 is 0 Å². The van der Waals surface area contributed by atoms with Gasteiger partial charge in [-0.25, -0.2) is 0 Å². The van der Waals surface area contributed by atoms with Gasteiger partial charge in [-0.15, -0.1) is 0 Å². The Morgan fingerprint density at radius 2 is 1.62 bits per heavy atom. The zero-order chi connectivity index (χ0) is 15.2. The minimum atomic E-state index is -0.250. The lowest BCUT2D eigenvalue weighted by molar-refractivity contribution is -0.114. The van der Waals surface area contributed by atoms with Gasteiger partial charge in [0.15, 0.2) is 0 Å². The molecule has 0 spiro atoms. The molecule has 0 unspecified atom stereocenters. The molecule has 3 N–H and O–H groups in total. The Morgan fingerprint density at radius 3 is 2.19 bits per heavy atom. The van der Waals surface area contributed by atoms with Crippen LogP contribution in [-0.4, -0.2) is 16.9 Å². The minimum Gasteiger partial charge on any atom is -0.392 e. The molecule has 21 heavy (non-hydrogen) atoms. The van der Waals surface area contributed by atoms with E-state index in [1.807, 2.05) is 6.07 Å². The van der Waals surface area contributed by atoms with Crippen molar-refractivity contribution in [2.24, 2.45) is 0 Å². The third-order valence-corrected chi connectivity index (χ3v) is 2.79. The standard InChI is InChI=1S/C16H16N2O3/c1-11(20)17-14-7-12(10-19)8-15(9-14)18-16(21)13-5-3-2-4-6-13/h2-9,19H,10H2,1H3,(H,17,20)(H,18,21). The van der Waals surface area contributed by atoms with Crippen molar-refractivity contribution in [2.75, 3.05) is 10.6 Å². The Kier molecular flexibility index (Phi) is 4.68. The quantitative estimate of drug-likeness (QED) is 0.806. The number of amides is 2. The highest BCUT2D eigenvalue weighted by Gasteiger charge is 2.07. The fourth-order valence-corrected chi connectivity index (χ4v) is 1.92. The van der Waals surface area contributed by atoms with Crippen molar-refractivity contribution in [2.45, 2.75) is 13.5 Å². The molecule has 0 aliphatic carbocycles. The molecule has 0 saturated heterocycles. The van der Waals surface area contributed by atoms with E-state index in [0.29, 0.717) is 22.5 Å². The number of carbonyl (C=O) groups excluding carboxylic acids is 2. The first-order chi connectivity index (χ1) is 10.1. The topological polar surface area (TPSA) is 78.4 Å². The van der Waals surface area contributed by atoms with E-state index in [2.05, 4.69) is 10.6 Å². The lowest BCUT2D eigenvalue weighted by atomic mass is 10.1. The summed E-state index contributed by atoms with van der Waals surface area (Å²) >= 11 is 0. The van der Waals surface area contributed by atoms with Crippen LogP contribution < -0.4 is 10.6 Å². The number of aliphatic hydroxyl groups is 1. The Morgan fingerprint density at radius 1 is 1.00 bits per heavy atom. The van der Waals surface area contributed by atoms with Crippen molar-refractivity contribution in [3.8, 4) is 0 Å². The summed E-state index contributed by atoms with van der Waals surface area (Å²) in [6.07, 6.45) is 0. The van der Waals surface area contributed by atoms with Gasteiger partial charge in [-0.2, -0.15) is 0 Å². The second-order valence-corrected chi connectivity index (χ2v) is 4.58. The van der Waals surface area contributed by atoms with Gasteiger partial charge in [0.2, 0.25) is 5.91 Å². The van der Waals surface area contributed by atoms with Crippen LogP contribution in [-0.2, 0) is 11.4 Å². The van der Waals surface area contributed by atoms with E-state index in [9.17, 15) is 14.7 Å². The number of hydrogen-bond donors (Lipinski definition) is 3. The summed E-state index contributed by atoms with van der Waals surface area (Å²) in [7, 11) is 0. The van der Waals surface area contributed by atoms with Crippen LogP contribution in [0.3, 0.4) is 0 Å². The molecule has 5 nitrogen and oxygen atoms in total. The van der Waals surface area contributed by atoms with Gasteiger partial charge in [0.1, 0.15) is 0 Å². The highest BCUT2D eigenvalue weighted by atomic mass is 16.3. The summed E-state index contributed by atoms with van der Waals surface area (Å²) in [4.78, 5) is 23.2. The molecule has 108 valence electrons. The van der Waals surface area contributed by atoms with Gasteiger partial charge in [0.05, 0.1) is 6.61 Å². The van der Waals surface area contributed by atoms with E-state index >= 15 is 0 Å². The zero-order valence-electron chi connectivity index (χ0n) is 11.6. The van der Waals surface area contributed by atoms with Crippen molar-refractivity contribution >= 4 is 23.2 Å². The minimum absolute atomic E-state index is 0.179. The lowest BCUT2D eigenvalue weighted by Crippen LogP contribution is -2.13. The Bertz CT molecular complexity index is 654. The van der Waals surface area contributed by atoms with Crippen molar-refractivity contribution < 1.29 is 14.7 Å². The largest absolute Gasteiger partial charge is 0.392 e. The predicted octanol–water partition coefficient (Wildman–Crippen LogP) is 2.39. The van der Waals surface area contributed by atoms with Crippen LogP contribution in [0.5, 0.6) is 0 Å². The molecule has 2 rings (SSSR count). The smallest absolute Gasteiger partial charge is 0.255 e. The fourth-order valence-electron chi connectivity index (χ4n) is 1.92. The van der Waals surface area contributed by atoms with Gasteiger partial charge in [-0.1, -0.05) is 18.2 Å². The van der Waals surface area contributed by atoms with E-state index in [1.165, 1.54) is 6.92 Å².